The molecule has 14 heavy (non-hydrogen) atoms. The van der Waals surface area contributed by atoms with Crippen molar-refractivity contribution in [2.45, 2.75) is 13.8 Å². The second kappa shape index (κ2) is 3.22. The van der Waals surface area contributed by atoms with Crippen LogP contribution in [0.4, 0.5) is 0 Å². The fourth-order valence-electron chi connectivity index (χ4n) is 1.75. The van der Waals surface area contributed by atoms with Gasteiger partial charge in [-0.15, -0.1) is 0 Å². The first kappa shape index (κ1) is 9.95. The highest BCUT2D eigenvalue weighted by Gasteiger charge is 2.41. The maximum Gasteiger partial charge on any atom is 0.232 e. The van der Waals surface area contributed by atoms with Gasteiger partial charge in [-0.3, -0.25) is 4.57 Å². The summed E-state index contributed by atoms with van der Waals surface area (Å²) in [6.45, 7) is 4.78. The largest absolute Gasteiger partial charge is 0.325 e. The summed E-state index contributed by atoms with van der Waals surface area (Å²) in [6.07, 6.45) is 0.657. The Morgan fingerprint density at radius 2 is 1.93 bits per heavy atom. The summed E-state index contributed by atoms with van der Waals surface area (Å²) in [5, 5.41) is 0.852. The van der Waals surface area contributed by atoms with Crippen molar-refractivity contribution in [3.63, 3.8) is 0 Å². The third-order valence-electron chi connectivity index (χ3n) is 2.45. The van der Waals surface area contributed by atoms with Gasteiger partial charge < -0.3 is 4.52 Å². The Morgan fingerprint density at radius 1 is 1.29 bits per heavy atom. The van der Waals surface area contributed by atoms with Crippen LogP contribution in [0.1, 0.15) is 13.8 Å². The van der Waals surface area contributed by atoms with E-state index in [-0.39, 0.29) is 5.41 Å². The number of hydrogen-bond donors (Lipinski definition) is 0. The van der Waals surface area contributed by atoms with Crippen LogP contribution in [-0.4, -0.2) is 12.8 Å². The molecule has 1 heterocycles. The molecule has 1 saturated heterocycles. The standard InChI is InChI=1S/C11H15O2P/c1-11(2)8-13-14(12,9-11)10-6-4-3-5-7-10/h3-7H,8-9H2,1-2H3/t14-/m1/s1. The van der Waals surface area contributed by atoms with Gasteiger partial charge in [-0.05, 0) is 17.5 Å². The molecule has 0 saturated carbocycles. The zero-order valence-corrected chi connectivity index (χ0v) is 9.46. The van der Waals surface area contributed by atoms with Crippen LogP contribution < -0.4 is 5.30 Å². The van der Waals surface area contributed by atoms with Crippen molar-refractivity contribution in [2.75, 3.05) is 12.8 Å². The summed E-state index contributed by atoms with van der Waals surface area (Å²) in [5.41, 5.74) is 0.0470. The molecular weight excluding hydrogens is 195 g/mol. The lowest BCUT2D eigenvalue weighted by Gasteiger charge is -2.13. The highest BCUT2D eigenvalue weighted by Crippen LogP contribution is 2.56. The van der Waals surface area contributed by atoms with E-state index in [4.69, 9.17) is 4.52 Å². The van der Waals surface area contributed by atoms with Crippen molar-refractivity contribution >= 4 is 12.7 Å². The normalized spacial score (nSPS) is 30.4. The minimum atomic E-state index is -2.54. The van der Waals surface area contributed by atoms with E-state index in [2.05, 4.69) is 13.8 Å². The molecule has 1 aromatic carbocycles. The van der Waals surface area contributed by atoms with Crippen LogP contribution >= 0.6 is 7.37 Å². The Bertz CT molecular complexity index is 370. The van der Waals surface area contributed by atoms with E-state index in [1.54, 1.807) is 0 Å². The van der Waals surface area contributed by atoms with E-state index in [9.17, 15) is 4.57 Å². The zero-order valence-electron chi connectivity index (χ0n) is 8.56. The van der Waals surface area contributed by atoms with Gasteiger partial charge >= 0.3 is 0 Å². The van der Waals surface area contributed by atoms with Crippen LogP contribution in [0.3, 0.4) is 0 Å². The van der Waals surface area contributed by atoms with Crippen LogP contribution in [0.2, 0.25) is 0 Å². The van der Waals surface area contributed by atoms with Gasteiger partial charge in [0, 0.05) is 11.5 Å². The van der Waals surface area contributed by atoms with Crippen LogP contribution in [0.25, 0.3) is 0 Å². The Morgan fingerprint density at radius 3 is 2.43 bits per heavy atom. The van der Waals surface area contributed by atoms with Crippen LogP contribution in [0.15, 0.2) is 30.3 Å². The highest BCUT2D eigenvalue weighted by atomic mass is 31.2. The Labute approximate surface area is 84.7 Å². The Hall–Kier alpha value is -0.590. The predicted molar refractivity (Wildman–Crippen MR) is 58.3 cm³/mol. The van der Waals surface area contributed by atoms with Crippen molar-refractivity contribution in [3.05, 3.63) is 30.3 Å². The smallest absolute Gasteiger partial charge is 0.232 e. The quantitative estimate of drug-likeness (QED) is 0.666. The molecule has 0 aromatic heterocycles. The predicted octanol–water partition coefficient (Wildman–Crippen LogP) is 2.65. The van der Waals surface area contributed by atoms with Crippen molar-refractivity contribution in [3.8, 4) is 0 Å². The third kappa shape index (κ3) is 1.77. The van der Waals surface area contributed by atoms with Crippen LogP contribution in [0.5, 0.6) is 0 Å². The van der Waals surface area contributed by atoms with Gasteiger partial charge in [0.2, 0.25) is 7.37 Å². The van der Waals surface area contributed by atoms with E-state index in [0.29, 0.717) is 12.8 Å². The molecule has 3 heteroatoms. The Balaban J connectivity index is 2.33. The lowest BCUT2D eigenvalue weighted by Crippen LogP contribution is -2.14. The monoisotopic (exact) mass is 210 g/mol. The molecule has 0 aliphatic carbocycles. The van der Waals surface area contributed by atoms with Gasteiger partial charge in [-0.25, -0.2) is 0 Å². The molecule has 76 valence electrons. The molecular formula is C11H15O2P. The Kier molecular flexibility index (Phi) is 2.29. The van der Waals surface area contributed by atoms with E-state index in [1.165, 1.54) is 0 Å². The van der Waals surface area contributed by atoms with Gasteiger partial charge in [-0.1, -0.05) is 32.0 Å². The summed E-state index contributed by atoms with van der Waals surface area (Å²) in [4.78, 5) is 0. The van der Waals surface area contributed by atoms with Gasteiger partial charge in [0.05, 0.1) is 6.61 Å². The number of benzene rings is 1. The van der Waals surface area contributed by atoms with Crippen LogP contribution in [-0.2, 0) is 9.09 Å². The minimum absolute atomic E-state index is 0.0470. The molecule has 1 fully saturated rings. The van der Waals surface area contributed by atoms with E-state index in [0.717, 1.165) is 5.30 Å². The highest BCUT2D eigenvalue weighted by molar-refractivity contribution is 7.67. The SMILES string of the molecule is CC1(C)CO[P@@](=O)(c2ccccc2)C1. The molecule has 0 bridgehead atoms. The average Bonchev–Trinajstić information content (AvgIpc) is 2.44. The first-order valence-corrected chi connectivity index (χ1v) is 6.62. The first-order chi connectivity index (χ1) is 6.52. The summed E-state index contributed by atoms with van der Waals surface area (Å²) >= 11 is 0. The molecule has 0 amide bonds. The molecule has 0 unspecified atom stereocenters. The van der Waals surface area contributed by atoms with E-state index < -0.39 is 7.37 Å². The fourth-order valence-corrected chi connectivity index (χ4v) is 4.58. The molecule has 0 radical (unpaired) electrons. The lowest BCUT2D eigenvalue weighted by molar-refractivity contribution is 0.256. The average molecular weight is 210 g/mol. The molecule has 2 nitrogen and oxygen atoms in total. The van der Waals surface area contributed by atoms with Crippen molar-refractivity contribution in [2.24, 2.45) is 5.41 Å². The first-order valence-electron chi connectivity index (χ1n) is 4.81. The van der Waals surface area contributed by atoms with Gasteiger partial charge in [0.1, 0.15) is 0 Å². The number of rotatable bonds is 1. The molecule has 1 aliphatic heterocycles. The fraction of sp³-hybridized carbons (Fsp3) is 0.455. The molecule has 2 rings (SSSR count). The topological polar surface area (TPSA) is 26.3 Å². The second-order valence-corrected chi connectivity index (χ2v) is 7.04. The van der Waals surface area contributed by atoms with Crippen molar-refractivity contribution in [1.82, 2.24) is 0 Å². The molecule has 1 atom stereocenters. The summed E-state index contributed by atoms with van der Waals surface area (Å²) in [5.74, 6) is 0. The summed E-state index contributed by atoms with van der Waals surface area (Å²) < 4.78 is 17.9. The van der Waals surface area contributed by atoms with E-state index >= 15 is 0 Å². The molecule has 0 N–H and O–H groups in total. The van der Waals surface area contributed by atoms with E-state index in [1.807, 2.05) is 30.3 Å². The zero-order chi connectivity index (χ0) is 10.2. The third-order valence-corrected chi connectivity index (χ3v) is 5.35. The maximum absolute atomic E-state index is 12.4. The van der Waals surface area contributed by atoms with Gasteiger partial charge in [0.25, 0.3) is 0 Å². The summed E-state index contributed by atoms with van der Waals surface area (Å²) in [7, 11) is -2.54. The minimum Gasteiger partial charge on any atom is -0.325 e. The second-order valence-electron chi connectivity index (χ2n) is 4.60. The van der Waals surface area contributed by atoms with Crippen LogP contribution in [0, 0.1) is 5.41 Å². The molecule has 1 aromatic rings. The lowest BCUT2D eigenvalue weighted by atomic mass is 9.99. The van der Waals surface area contributed by atoms with Crippen molar-refractivity contribution < 1.29 is 9.09 Å². The molecule has 0 spiro atoms. The van der Waals surface area contributed by atoms with Crippen molar-refractivity contribution in [1.29, 1.82) is 0 Å². The molecule has 1 aliphatic rings. The summed E-state index contributed by atoms with van der Waals surface area (Å²) in [6, 6.07) is 9.52. The maximum atomic E-state index is 12.4. The number of hydrogen-bond acceptors (Lipinski definition) is 2. The van der Waals surface area contributed by atoms with Gasteiger partial charge in [-0.2, -0.15) is 0 Å². The van der Waals surface area contributed by atoms with Gasteiger partial charge in [0.15, 0.2) is 0 Å².